The van der Waals surface area contributed by atoms with Crippen molar-refractivity contribution in [1.29, 1.82) is 0 Å². The summed E-state index contributed by atoms with van der Waals surface area (Å²) >= 11 is 12.1. The maximum Gasteiger partial charge on any atom is 0.322 e. The minimum absolute atomic E-state index is 0.112. The molecule has 1 heterocycles. The predicted octanol–water partition coefficient (Wildman–Crippen LogP) is 1.56. The van der Waals surface area contributed by atoms with E-state index in [2.05, 4.69) is 10.3 Å². The first kappa shape index (κ1) is 23.6. The van der Waals surface area contributed by atoms with Crippen LogP contribution in [0.5, 0.6) is 0 Å². The summed E-state index contributed by atoms with van der Waals surface area (Å²) in [7, 11) is 0. The lowest BCUT2D eigenvalue weighted by atomic mass is 9.75. The zero-order chi connectivity index (χ0) is 23.6. The molecule has 5 N–H and O–H groups in total. The second-order valence-electron chi connectivity index (χ2n) is 7.51. The number of dihydropyridines is 1. The van der Waals surface area contributed by atoms with Crippen LogP contribution >= 0.6 is 23.2 Å². The van der Waals surface area contributed by atoms with Gasteiger partial charge in [0.2, 0.25) is 11.8 Å². The Balaban J connectivity index is 2.09. The van der Waals surface area contributed by atoms with Crippen LogP contribution in [0.15, 0.2) is 34.5 Å². The van der Waals surface area contributed by atoms with E-state index < -0.39 is 59.3 Å². The Morgan fingerprint density at radius 2 is 1.84 bits per heavy atom. The van der Waals surface area contributed by atoms with E-state index in [0.717, 1.165) is 12.8 Å². The summed E-state index contributed by atoms with van der Waals surface area (Å²) in [5.74, 6) is -6.71. The van der Waals surface area contributed by atoms with Crippen molar-refractivity contribution < 1.29 is 34.5 Å². The molecular formula is C20H19Cl2N3O7. The number of rotatable bonds is 8. The van der Waals surface area contributed by atoms with Gasteiger partial charge in [0.15, 0.2) is 5.41 Å². The van der Waals surface area contributed by atoms with E-state index in [9.17, 15) is 29.4 Å². The highest BCUT2D eigenvalue weighted by Gasteiger charge is 2.54. The normalized spacial score (nSPS) is 20.6. The van der Waals surface area contributed by atoms with Gasteiger partial charge in [-0.1, -0.05) is 29.3 Å². The summed E-state index contributed by atoms with van der Waals surface area (Å²) in [6.07, 6.45) is 1.35. The molecule has 3 rings (SSSR count). The summed E-state index contributed by atoms with van der Waals surface area (Å²) in [5, 5.41) is 35.3. The number of carboxylic acid groups (broad SMARTS) is 1. The highest BCUT2D eigenvalue weighted by atomic mass is 35.5. The molecule has 1 fully saturated rings. The topological polar surface area (TPSA) is 165 Å². The van der Waals surface area contributed by atoms with Gasteiger partial charge in [0.25, 0.3) is 11.8 Å². The smallest absolute Gasteiger partial charge is 0.322 e. The maximum atomic E-state index is 13.2. The van der Waals surface area contributed by atoms with E-state index in [0.29, 0.717) is 5.02 Å². The molecule has 0 saturated heterocycles. The van der Waals surface area contributed by atoms with Crippen molar-refractivity contribution in [1.82, 2.24) is 10.6 Å². The Morgan fingerprint density at radius 1 is 1.16 bits per heavy atom. The lowest BCUT2D eigenvalue weighted by Gasteiger charge is -2.33. The van der Waals surface area contributed by atoms with Crippen molar-refractivity contribution in [2.75, 3.05) is 13.1 Å². The van der Waals surface area contributed by atoms with Crippen LogP contribution in [-0.2, 0) is 25.6 Å². The Morgan fingerprint density at radius 3 is 2.44 bits per heavy atom. The molecule has 0 bridgehead atoms. The summed E-state index contributed by atoms with van der Waals surface area (Å²) in [4.78, 5) is 52.2. The fourth-order valence-corrected chi connectivity index (χ4v) is 3.71. The monoisotopic (exact) mass is 483 g/mol. The van der Waals surface area contributed by atoms with Crippen LogP contribution in [0.25, 0.3) is 0 Å². The van der Waals surface area contributed by atoms with Crippen LogP contribution in [0.2, 0.25) is 10.0 Å². The number of aliphatic imine (C=N–C) groups is 1. The second kappa shape index (κ2) is 9.17. The molecule has 12 heteroatoms. The summed E-state index contributed by atoms with van der Waals surface area (Å²) in [6, 6.07) is 4.32. The van der Waals surface area contributed by atoms with E-state index in [1.54, 1.807) is 0 Å². The van der Waals surface area contributed by atoms with Crippen LogP contribution in [0.1, 0.15) is 18.4 Å². The molecule has 1 aromatic rings. The van der Waals surface area contributed by atoms with Gasteiger partial charge in [0, 0.05) is 23.0 Å². The van der Waals surface area contributed by atoms with Crippen LogP contribution in [-0.4, -0.2) is 58.0 Å². The van der Waals surface area contributed by atoms with Gasteiger partial charge >= 0.3 is 5.97 Å². The zero-order valence-electron chi connectivity index (χ0n) is 16.5. The van der Waals surface area contributed by atoms with Crippen molar-refractivity contribution in [3.63, 3.8) is 0 Å². The van der Waals surface area contributed by atoms with Gasteiger partial charge in [0.05, 0.1) is 0 Å². The standard InChI is InChI=1S/C20H19Cl2N3O7/c21-11-4-3-10(12(22)5-11)6-20(18(31)24-7-9-1-2-9)15(28)14(17(30)25-19(20)32)16(29)23-8-13(26)27/h3-5,9,28H,1-2,6-8H2,(H,23,29)(H,24,31)(H,26,27)(H,25,30,32). The van der Waals surface area contributed by atoms with E-state index in [1.807, 2.05) is 5.32 Å². The first-order valence-corrected chi connectivity index (χ1v) is 10.3. The maximum absolute atomic E-state index is 13.2. The number of aliphatic hydroxyl groups excluding tert-OH is 2. The number of hydrogen-bond acceptors (Lipinski definition) is 5. The molecule has 2 aliphatic rings. The molecule has 1 aromatic carbocycles. The fraction of sp³-hybridized carbons (Fsp3) is 0.350. The van der Waals surface area contributed by atoms with E-state index in [-0.39, 0.29) is 23.0 Å². The number of aliphatic hydroxyl groups is 2. The average Bonchev–Trinajstić information content (AvgIpc) is 3.53. The zero-order valence-corrected chi connectivity index (χ0v) is 18.0. The molecule has 1 saturated carbocycles. The van der Waals surface area contributed by atoms with E-state index in [4.69, 9.17) is 28.3 Å². The molecule has 1 unspecified atom stereocenters. The van der Waals surface area contributed by atoms with Crippen LogP contribution in [0, 0.1) is 11.3 Å². The van der Waals surface area contributed by atoms with Gasteiger partial charge < -0.3 is 26.0 Å². The van der Waals surface area contributed by atoms with Crippen molar-refractivity contribution in [3.05, 3.63) is 45.1 Å². The lowest BCUT2D eigenvalue weighted by Crippen LogP contribution is -2.53. The number of amides is 3. The third-order valence-corrected chi connectivity index (χ3v) is 5.76. The number of benzene rings is 1. The molecule has 10 nitrogen and oxygen atoms in total. The molecular weight excluding hydrogens is 465 g/mol. The minimum atomic E-state index is -2.34. The molecule has 1 atom stereocenters. The first-order valence-electron chi connectivity index (χ1n) is 9.54. The van der Waals surface area contributed by atoms with Crippen LogP contribution < -0.4 is 10.6 Å². The number of carbonyl (C=O) groups is 4. The molecule has 3 amide bonds. The Labute approximate surface area is 191 Å². The third kappa shape index (κ3) is 4.71. The molecule has 0 aromatic heterocycles. The number of carboxylic acids is 1. The summed E-state index contributed by atoms with van der Waals surface area (Å²) in [6.45, 7) is -0.591. The second-order valence-corrected chi connectivity index (χ2v) is 8.36. The Kier molecular flexibility index (Phi) is 6.75. The molecule has 170 valence electrons. The third-order valence-electron chi connectivity index (χ3n) is 5.18. The Hall–Kier alpha value is -3.11. The largest absolute Gasteiger partial charge is 0.510 e. The molecule has 32 heavy (non-hydrogen) atoms. The van der Waals surface area contributed by atoms with Gasteiger partial charge in [-0.15, -0.1) is 0 Å². The molecule has 1 aliphatic carbocycles. The van der Waals surface area contributed by atoms with Crippen LogP contribution in [0.4, 0.5) is 0 Å². The van der Waals surface area contributed by atoms with Crippen molar-refractivity contribution in [2.24, 2.45) is 16.3 Å². The van der Waals surface area contributed by atoms with Crippen LogP contribution in [0.3, 0.4) is 0 Å². The molecule has 0 spiro atoms. The van der Waals surface area contributed by atoms with Crippen molar-refractivity contribution in [2.45, 2.75) is 19.3 Å². The highest BCUT2D eigenvalue weighted by molar-refractivity contribution is 6.35. The summed E-state index contributed by atoms with van der Waals surface area (Å²) in [5.41, 5.74) is -3.02. The number of carbonyl (C=O) groups excluding carboxylic acids is 3. The number of hydrogen-bond donors (Lipinski definition) is 5. The lowest BCUT2D eigenvalue weighted by molar-refractivity contribution is -0.138. The average molecular weight is 484 g/mol. The highest BCUT2D eigenvalue weighted by Crippen LogP contribution is 2.39. The van der Waals surface area contributed by atoms with Gasteiger partial charge in [-0.25, -0.2) is 0 Å². The Bertz CT molecular complexity index is 1070. The minimum Gasteiger partial charge on any atom is -0.510 e. The number of aliphatic carboxylic acids is 1. The first-order chi connectivity index (χ1) is 15.1. The SMILES string of the molecule is O=C(O)CNC(=O)C1=C(O)C(Cc2ccc(Cl)cc2Cl)(C(=O)NCC2CC2)C(O)=NC1=O. The van der Waals surface area contributed by atoms with Crippen molar-refractivity contribution >= 4 is 52.8 Å². The number of nitrogens with zero attached hydrogens (tertiary/aromatic N) is 1. The quantitative estimate of drug-likeness (QED) is 0.349. The van der Waals surface area contributed by atoms with E-state index >= 15 is 0 Å². The van der Waals surface area contributed by atoms with Crippen molar-refractivity contribution in [3.8, 4) is 0 Å². The fourth-order valence-electron chi connectivity index (χ4n) is 3.23. The number of nitrogens with one attached hydrogen (secondary N) is 2. The molecule has 0 radical (unpaired) electrons. The predicted molar refractivity (Wildman–Crippen MR) is 114 cm³/mol. The summed E-state index contributed by atoms with van der Waals surface area (Å²) < 4.78 is 0. The van der Waals surface area contributed by atoms with Gasteiger partial charge in [0.1, 0.15) is 17.9 Å². The van der Waals surface area contributed by atoms with Gasteiger partial charge in [-0.3, -0.25) is 19.2 Å². The van der Waals surface area contributed by atoms with Gasteiger partial charge in [-0.2, -0.15) is 4.99 Å². The molecule has 1 aliphatic heterocycles. The van der Waals surface area contributed by atoms with E-state index in [1.165, 1.54) is 18.2 Å². The number of halogens is 2. The van der Waals surface area contributed by atoms with Gasteiger partial charge in [-0.05, 0) is 36.5 Å².